The van der Waals surface area contributed by atoms with Gasteiger partial charge in [-0.1, -0.05) is 42.5 Å². The molecule has 6 heteroatoms. The Kier molecular flexibility index (Phi) is 5.25. The number of hydrogen-bond donors (Lipinski definition) is 0. The molecule has 1 fully saturated rings. The van der Waals surface area contributed by atoms with Crippen LogP contribution in [0, 0.1) is 0 Å². The Morgan fingerprint density at radius 3 is 2.44 bits per heavy atom. The Balaban J connectivity index is 1.30. The van der Waals surface area contributed by atoms with Gasteiger partial charge in [-0.2, -0.15) is 0 Å². The fourth-order valence-corrected chi connectivity index (χ4v) is 3.29. The molecule has 1 saturated heterocycles. The monoisotopic (exact) mass is 360 g/mol. The van der Waals surface area contributed by atoms with Crippen LogP contribution in [0.15, 0.2) is 60.9 Å². The van der Waals surface area contributed by atoms with Crippen molar-refractivity contribution in [3.63, 3.8) is 0 Å². The van der Waals surface area contributed by atoms with Gasteiger partial charge in [0.05, 0.1) is 0 Å². The van der Waals surface area contributed by atoms with Crippen molar-refractivity contribution in [3.05, 3.63) is 66.5 Å². The molecule has 0 unspecified atom stereocenters. The van der Waals surface area contributed by atoms with Gasteiger partial charge in [0, 0.05) is 52.2 Å². The fourth-order valence-electron chi connectivity index (χ4n) is 3.29. The second-order valence-electron chi connectivity index (χ2n) is 6.74. The summed E-state index contributed by atoms with van der Waals surface area (Å²) in [5.74, 6) is 1.77. The van der Waals surface area contributed by atoms with Gasteiger partial charge in [0.25, 0.3) is 0 Å². The highest BCUT2D eigenvalue weighted by atomic mass is 15.3. The van der Waals surface area contributed by atoms with Gasteiger partial charge in [-0.15, -0.1) is 10.2 Å². The van der Waals surface area contributed by atoms with Crippen LogP contribution in [-0.2, 0) is 7.05 Å². The average Bonchev–Trinajstić information content (AvgIpc) is 3.15. The smallest absolute Gasteiger partial charge is 0.160 e. The summed E-state index contributed by atoms with van der Waals surface area (Å²) in [6.45, 7) is 4.97. The van der Waals surface area contributed by atoms with Gasteiger partial charge in [-0.05, 0) is 17.7 Å². The van der Waals surface area contributed by atoms with Crippen molar-refractivity contribution in [2.75, 3.05) is 37.6 Å². The van der Waals surface area contributed by atoms with Gasteiger partial charge in [0.1, 0.15) is 5.69 Å². The summed E-state index contributed by atoms with van der Waals surface area (Å²) in [7, 11) is 1.96. The van der Waals surface area contributed by atoms with E-state index in [-0.39, 0.29) is 0 Å². The van der Waals surface area contributed by atoms with Crippen molar-refractivity contribution in [2.45, 2.75) is 0 Å². The molecule has 0 spiro atoms. The molecule has 0 radical (unpaired) electrons. The SMILES string of the molecule is Cn1ccnc1-c1ccc(N2CCN(C/C=C/c3ccccc3)CC2)nn1. The number of piperazine rings is 1. The van der Waals surface area contributed by atoms with Crippen LogP contribution in [0.2, 0.25) is 0 Å². The van der Waals surface area contributed by atoms with Gasteiger partial charge < -0.3 is 9.47 Å². The first-order valence-electron chi connectivity index (χ1n) is 9.30. The number of aryl methyl sites for hydroxylation is 1. The minimum atomic E-state index is 0.802. The molecule has 0 saturated carbocycles. The topological polar surface area (TPSA) is 50.1 Å². The van der Waals surface area contributed by atoms with Crippen LogP contribution >= 0.6 is 0 Å². The Bertz CT molecular complexity index is 877. The summed E-state index contributed by atoms with van der Waals surface area (Å²) in [6, 6.07) is 14.5. The summed E-state index contributed by atoms with van der Waals surface area (Å²) in [5.41, 5.74) is 2.05. The molecule has 0 atom stereocenters. The summed E-state index contributed by atoms with van der Waals surface area (Å²) in [4.78, 5) is 9.08. The van der Waals surface area contributed by atoms with Crippen LogP contribution in [0.4, 0.5) is 5.82 Å². The van der Waals surface area contributed by atoms with E-state index >= 15 is 0 Å². The number of hydrogen-bond acceptors (Lipinski definition) is 5. The van der Waals surface area contributed by atoms with Crippen LogP contribution in [0.5, 0.6) is 0 Å². The second kappa shape index (κ2) is 8.14. The van der Waals surface area contributed by atoms with E-state index in [1.807, 2.05) is 36.0 Å². The van der Waals surface area contributed by atoms with Crippen molar-refractivity contribution in [2.24, 2.45) is 7.05 Å². The highest BCUT2D eigenvalue weighted by Crippen LogP contribution is 2.17. The van der Waals surface area contributed by atoms with Gasteiger partial charge in [-0.3, -0.25) is 4.90 Å². The third kappa shape index (κ3) is 4.23. The standard InChI is InChI=1S/C21H24N6/c1-25-13-11-22-21(25)19-9-10-20(24-23-19)27-16-14-26(15-17-27)12-5-8-18-6-3-2-4-7-18/h2-11,13H,12,14-17H2,1H3/b8-5+. The quantitative estimate of drug-likeness (QED) is 0.700. The van der Waals surface area contributed by atoms with Crippen molar-refractivity contribution in [3.8, 4) is 11.5 Å². The van der Waals surface area contributed by atoms with Gasteiger partial charge in [0.15, 0.2) is 11.6 Å². The molecule has 1 aromatic carbocycles. The first kappa shape index (κ1) is 17.4. The van der Waals surface area contributed by atoms with Crippen LogP contribution in [0.1, 0.15) is 5.56 Å². The van der Waals surface area contributed by atoms with Gasteiger partial charge >= 0.3 is 0 Å². The Hall–Kier alpha value is -2.99. The maximum Gasteiger partial charge on any atom is 0.160 e. The molecule has 3 aromatic rings. The summed E-state index contributed by atoms with van der Waals surface area (Å²) < 4.78 is 1.95. The Labute approximate surface area is 159 Å². The third-order valence-electron chi connectivity index (χ3n) is 4.87. The number of nitrogens with zero attached hydrogens (tertiary/aromatic N) is 6. The zero-order valence-corrected chi connectivity index (χ0v) is 15.6. The summed E-state index contributed by atoms with van der Waals surface area (Å²) in [6.07, 6.45) is 8.12. The molecule has 4 rings (SSSR count). The lowest BCUT2D eigenvalue weighted by Gasteiger charge is -2.34. The van der Waals surface area contributed by atoms with Crippen molar-refractivity contribution in [1.82, 2.24) is 24.6 Å². The van der Waals surface area contributed by atoms with Crippen LogP contribution in [-0.4, -0.2) is 57.4 Å². The lowest BCUT2D eigenvalue weighted by atomic mass is 10.2. The lowest BCUT2D eigenvalue weighted by Crippen LogP contribution is -2.46. The molecule has 3 heterocycles. The molecular weight excluding hydrogens is 336 g/mol. The first-order chi connectivity index (χ1) is 13.3. The second-order valence-corrected chi connectivity index (χ2v) is 6.74. The van der Waals surface area contributed by atoms with Crippen LogP contribution < -0.4 is 4.90 Å². The molecule has 0 N–H and O–H groups in total. The predicted octanol–water partition coefficient (Wildman–Crippen LogP) is 2.71. The van der Waals surface area contributed by atoms with Crippen molar-refractivity contribution < 1.29 is 0 Å². The fraction of sp³-hybridized carbons (Fsp3) is 0.286. The number of aromatic nitrogens is 4. The van der Waals surface area contributed by atoms with E-state index < -0.39 is 0 Å². The molecule has 0 bridgehead atoms. The molecule has 138 valence electrons. The van der Waals surface area contributed by atoms with E-state index in [1.54, 1.807) is 6.20 Å². The number of rotatable bonds is 5. The van der Waals surface area contributed by atoms with E-state index in [4.69, 9.17) is 0 Å². The molecule has 0 aliphatic carbocycles. The molecule has 27 heavy (non-hydrogen) atoms. The highest BCUT2D eigenvalue weighted by Gasteiger charge is 2.18. The molecule has 0 amide bonds. The molecule has 6 nitrogen and oxygen atoms in total. The summed E-state index contributed by atoms with van der Waals surface area (Å²) in [5, 5.41) is 8.78. The largest absolute Gasteiger partial charge is 0.353 e. The maximum absolute atomic E-state index is 4.42. The molecular formula is C21H24N6. The maximum atomic E-state index is 4.42. The third-order valence-corrected chi connectivity index (χ3v) is 4.87. The number of benzene rings is 1. The van der Waals surface area contributed by atoms with Gasteiger partial charge in [0.2, 0.25) is 0 Å². The van der Waals surface area contributed by atoms with Crippen LogP contribution in [0.3, 0.4) is 0 Å². The highest BCUT2D eigenvalue weighted by molar-refractivity contribution is 5.52. The zero-order valence-electron chi connectivity index (χ0n) is 15.6. The van der Waals surface area contributed by atoms with Crippen molar-refractivity contribution >= 4 is 11.9 Å². The minimum Gasteiger partial charge on any atom is -0.353 e. The molecule has 2 aromatic heterocycles. The Morgan fingerprint density at radius 2 is 1.78 bits per heavy atom. The summed E-state index contributed by atoms with van der Waals surface area (Å²) >= 11 is 0. The lowest BCUT2D eigenvalue weighted by molar-refractivity contribution is 0.283. The van der Waals surface area contributed by atoms with E-state index in [2.05, 4.69) is 61.4 Å². The Morgan fingerprint density at radius 1 is 0.963 bits per heavy atom. The van der Waals surface area contributed by atoms with Crippen LogP contribution in [0.25, 0.3) is 17.6 Å². The predicted molar refractivity (Wildman–Crippen MR) is 108 cm³/mol. The zero-order chi connectivity index (χ0) is 18.5. The van der Waals surface area contributed by atoms with E-state index in [0.717, 1.165) is 50.1 Å². The number of anilines is 1. The number of imidazole rings is 1. The average molecular weight is 360 g/mol. The normalized spacial score (nSPS) is 15.5. The molecule has 1 aliphatic heterocycles. The minimum absolute atomic E-state index is 0.802. The molecule has 1 aliphatic rings. The van der Waals surface area contributed by atoms with E-state index in [0.29, 0.717) is 0 Å². The van der Waals surface area contributed by atoms with E-state index in [9.17, 15) is 0 Å². The van der Waals surface area contributed by atoms with Crippen molar-refractivity contribution in [1.29, 1.82) is 0 Å². The van der Waals surface area contributed by atoms with E-state index in [1.165, 1.54) is 5.56 Å². The van der Waals surface area contributed by atoms with Gasteiger partial charge in [-0.25, -0.2) is 4.98 Å². The first-order valence-corrected chi connectivity index (χ1v) is 9.30.